The van der Waals surface area contributed by atoms with Crippen molar-refractivity contribution in [3.05, 3.63) is 0 Å². The summed E-state index contributed by atoms with van der Waals surface area (Å²) in [6.07, 6.45) is 8.90. The maximum atomic E-state index is 3.48. The summed E-state index contributed by atoms with van der Waals surface area (Å²) in [5, 5.41) is 3.48. The largest absolute Gasteiger partial charge is 0.315 e. The summed E-state index contributed by atoms with van der Waals surface area (Å²) >= 11 is 1.97. The second kappa shape index (κ2) is 12.3. The summed E-state index contributed by atoms with van der Waals surface area (Å²) < 4.78 is 0. The van der Waals surface area contributed by atoms with Crippen LogP contribution < -0.4 is 5.32 Å². The fourth-order valence-electron chi connectivity index (χ4n) is 2.16. The first-order valence-corrected chi connectivity index (χ1v) is 8.93. The van der Waals surface area contributed by atoms with E-state index in [1.165, 1.54) is 50.9 Å². The summed E-state index contributed by atoms with van der Waals surface area (Å²) in [6.45, 7) is 9.17. The second-order valence-electron chi connectivity index (χ2n) is 5.52. The van der Waals surface area contributed by atoms with Crippen molar-refractivity contribution in [2.45, 2.75) is 65.0 Å². The van der Waals surface area contributed by atoms with Gasteiger partial charge in [-0.3, -0.25) is 0 Å². The molecule has 0 aromatic rings. The van der Waals surface area contributed by atoms with Crippen LogP contribution in [0.1, 0.15) is 52.9 Å². The van der Waals surface area contributed by atoms with Gasteiger partial charge in [0.1, 0.15) is 0 Å². The van der Waals surface area contributed by atoms with Crippen molar-refractivity contribution in [3.63, 3.8) is 0 Å². The molecule has 1 atom stereocenters. The molecule has 0 aromatic carbocycles. The molecule has 0 rings (SSSR count). The minimum absolute atomic E-state index is 0.632. The molecule has 0 spiro atoms. The fourth-order valence-corrected chi connectivity index (χ4v) is 3.04. The van der Waals surface area contributed by atoms with Gasteiger partial charge in [0.25, 0.3) is 0 Å². The molecule has 0 radical (unpaired) electrons. The van der Waals surface area contributed by atoms with Crippen molar-refractivity contribution >= 4 is 11.8 Å². The van der Waals surface area contributed by atoms with Crippen molar-refractivity contribution in [1.82, 2.24) is 10.2 Å². The van der Waals surface area contributed by atoms with Crippen LogP contribution in [0, 0.1) is 0 Å². The summed E-state index contributed by atoms with van der Waals surface area (Å²) in [7, 11) is 2.28. The van der Waals surface area contributed by atoms with Crippen LogP contribution in [0.15, 0.2) is 0 Å². The van der Waals surface area contributed by atoms with Crippen LogP contribution >= 0.6 is 11.8 Å². The van der Waals surface area contributed by atoms with Gasteiger partial charge >= 0.3 is 0 Å². The smallest absolute Gasteiger partial charge is 0.0180 e. The van der Waals surface area contributed by atoms with E-state index in [9.17, 15) is 0 Å². The molecule has 0 saturated carbocycles. The number of thioether (sulfide) groups is 1. The van der Waals surface area contributed by atoms with E-state index in [0.29, 0.717) is 6.04 Å². The van der Waals surface area contributed by atoms with Crippen molar-refractivity contribution in [2.75, 3.05) is 32.1 Å². The Morgan fingerprint density at radius 3 is 2.33 bits per heavy atom. The molecule has 0 heterocycles. The molecule has 18 heavy (non-hydrogen) atoms. The Morgan fingerprint density at radius 2 is 1.78 bits per heavy atom. The normalized spacial score (nSPS) is 13.5. The van der Waals surface area contributed by atoms with Crippen LogP contribution in [0.5, 0.6) is 0 Å². The van der Waals surface area contributed by atoms with Crippen LogP contribution in [0.2, 0.25) is 0 Å². The predicted molar refractivity (Wildman–Crippen MR) is 86.7 cm³/mol. The van der Waals surface area contributed by atoms with Gasteiger partial charge in [0.05, 0.1) is 0 Å². The SMILES string of the molecule is CCC(CSC)N(C)CCCCCCNC(C)C. The predicted octanol–water partition coefficient (Wildman–Crippen LogP) is 3.62. The Bertz CT molecular complexity index is 174. The van der Waals surface area contributed by atoms with Crippen LogP contribution in [0.3, 0.4) is 0 Å². The summed E-state index contributed by atoms with van der Waals surface area (Å²) in [5.41, 5.74) is 0. The summed E-state index contributed by atoms with van der Waals surface area (Å²) in [4.78, 5) is 2.54. The lowest BCUT2D eigenvalue weighted by atomic mass is 10.1. The molecule has 3 heteroatoms. The Morgan fingerprint density at radius 1 is 1.11 bits per heavy atom. The number of rotatable bonds is 12. The molecule has 0 fully saturated rings. The van der Waals surface area contributed by atoms with Crippen LogP contribution in [0.25, 0.3) is 0 Å². The van der Waals surface area contributed by atoms with Gasteiger partial charge in [0.2, 0.25) is 0 Å². The Hall–Kier alpha value is 0.270. The van der Waals surface area contributed by atoms with E-state index < -0.39 is 0 Å². The van der Waals surface area contributed by atoms with E-state index in [-0.39, 0.29) is 0 Å². The molecule has 0 saturated heterocycles. The first-order valence-electron chi connectivity index (χ1n) is 7.54. The highest BCUT2D eigenvalue weighted by molar-refractivity contribution is 7.98. The maximum Gasteiger partial charge on any atom is 0.0180 e. The first-order chi connectivity index (χ1) is 8.61. The van der Waals surface area contributed by atoms with Crippen molar-refractivity contribution in [2.24, 2.45) is 0 Å². The zero-order valence-corrected chi connectivity index (χ0v) is 14.0. The van der Waals surface area contributed by atoms with Gasteiger partial charge in [-0.2, -0.15) is 11.8 Å². The van der Waals surface area contributed by atoms with Gasteiger partial charge in [-0.05, 0) is 45.7 Å². The van der Waals surface area contributed by atoms with E-state index in [0.717, 1.165) is 6.04 Å². The third-order valence-corrected chi connectivity index (χ3v) is 4.16. The average Bonchev–Trinajstić information content (AvgIpc) is 2.34. The molecule has 2 nitrogen and oxygen atoms in total. The number of nitrogens with zero attached hydrogens (tertiary/aromatic N) is 1. The van der Waals surface area contributed by atoms with E-state index in [4.69, 9.17) is 0 Å². The molecule has 0 bridgehead atoms. The zero-order valence-electron chi connectivity index (χ0n) is 13.2. The highest BCUT2D eigenvalue weighted by Crippen LogP contribution is 2.10. The third kappa shape index (κ3) is 10.2. The summed E-state index contributed by atoms with van der Waals surface area (Å²) in [6, 6.07) is 1.40. The van der Waals surface area contributed by atoms with Gasteiger partial charge < -0.3 is 10.2 Å². The molecule has 1 unspecified atom stereocenters. The second-order valence-corrected chi connectivity index (χ2v) is 6.43. The van der Waals surface area contributed by atoms with Gasteiger partial charge in [0, 0.05) is 17.8 Å². The Balaban J connectivity index is 3.41. The van der Waals surface area contributed by atoms with Gasteiger partial charge in [-0.1, -0.05) is 33.6 Å². The molecular formula is C15H34N2S. The molecular weight excluding hydrogens is 240 g/mol. The molecule has 1 N–H and O–H groups in total. The fraction of sp³-hybridized carbons (Fsp3) is 1.00. The average molecular weight is 275 g/mol. The first kappa shape index (κ1) is 18.3. The standard InChI is InChI=1S/C15H34N2S/c1-6-15(13-18-5)17(4)12-10-8-7-9-11-16-14(2)3/h14-16H,6-13H2,1-5H3. The summed E-state index contributed by atoms with van der Waals surface area (Å²) in [5.74, 6) is 1.27. The minimum atomic E-state index is 0.632. The van der Waals surface area contributed by atoms with Crippen LogP contribution in [-0.4, -0.2) is 49.1 Å². The molecule has 0 aliphatic heterocycles. The number of unbranched alkanes of at least 4 members (excludes halogenated alkanes) is 3. The van der Waals surface area contributed by atoms with Crippen molar-refractivity contribution in [3.8, 4) is 0 Å². The minimum Gasteiger partial charge on any atom is -0.315 e. The number of nitrogens with one attached hydrogen (secondary N) is 1. The maximum absolute atomic E-state index is 3.48. The van der Waals surface area contributed by atoms with E-state index in [1.807, 2.05) is 11.8 Å². The Kier molecular flexibility index (Phi) is 12.5. The van der Waals surface area contributed by atoms with Gasteiger partial charge in [0.15, 0.2) is 0 Å². The van der Waals surface area contributed by atoms with Gasteiger partial charge in [-0.25, -0.2) is 0 Å². The monoisotopic (exact) mass is 274 g/mol. The lowest BCUT2D eigenvalue weighted by molar-refractivity contribution is 0.250. The highest BCUT2D eigenvalue weighted by Gasteiger charge is 2.10. The molecule has 110 valence electrons. The van der Waals surface area contributed by atoms with Crippen LogP contribution in [-0.2, 0) is 0 Å². The number of hydrogen-bond acceptors (Lipinski definition) is 3. The topological polar surface area (TPSA) is 15.3 Å². The lowest BCUT2D eigenvalue weighted by Crippen LogP contribution is -2.33. The van der Waals surface area contributed by atoms with E-state index in [1.54, 1.807) is 0 Å². The van der Waals surface area contributed by atoms with Gasteiger partial charge in [-0.15, -0.1) is 0 Å². The van der Waals surface area contributed by atoms with Crippen molar-refractivity contribution in [1.29, 1.82) is 0 Å². The molecule has 0 aliphatic carbocycles. The van der Waals surface area contributed by atoms with E-state index >= 15 is 0 Å². The third-order valence-electron chi connectivity index (χ3n) is 3.44. The lowest BCUT2D eigenvalue weighted by Gasteiger charge is -2.26. The van der Waals surface area contributed by atoms with E-state index in [2.05, 4.69) is 44.3 Å². The van der Waals surface area contributed by atoms with Crippen molar-refractivity contribution < 1.29 is 0 Å². The van der Waals surface area contributed by atoms with Crippen LogP contribution in [0.4, 0.5) is 0 Å². The highest BCUT2D eigenvalue weighted by atomic mass is 32.2. The molecule has 0 amide bonds. The quantitative estimate of drug-likeness (QED) is 0.547. The Labute approximate surface area is 119 Å². The molecule has 0 aliphatic rings. The number of hydrogen-bond donors (Lipinski definition) is 1. The zero-order chi connectivity index (χ0) is 13.8. The molecule has 0 aromatic heterocycles.